The van der Waals surface area contributed by atoms with Crippen molar-refractivity contribution in [2.45, 2.75) is 147 Å². The Balaban J connectivity index is 1.03. The van der Waals surface area contributed by atoms with Crippen molar-refractivity contribution in [1.29, 1.82) is 0 Å². The minimum atomic E-state index is -1.05. The molecule has 8 aliphatic rings. The maximum absolute atomic E-state index is 12.3. The number of nitrogens with zero attached hydrogens (tertiary/aromatic N) is 1. The van der Waals surface area contributed by atoms with Crippen molar-refractivity contribution in [2.24, 2.45) is 56.8 Å². The quantitative estimate of drug-likeness (QED) is 0.362. The predicted molar refractivity (Wildman–Crippen MR) is 170 cm³/mol. The Kier molecular flexibility index (Phi) is 7.15. The molecule has 0 amide bonds. The summed E-state index contributed by atoms with van der Waals surface area (Å²) >= 11 is 0. The zero-order chi connectivity index (χ0) is 31.9. The van der Waals surface area contributed by atoms with Crippen molar-refractivity contribution in [3.8, 4) is 0 Å². The van der Waals surface area contributed by atoms with Crippen LogP contribution in [0.4, 0.5) is 0 Å². The highest BCUT2D eigenvalue weighted by molar-refractivity contribution is 5.35. The van der Waals surface area contributed by atoms with Gasteiger partial charge in [0.25, 0.3) is 0 Å². The van der Waals surface area contributed by atoms with Crippen LogP contribution in [0, 0.1) is 45.3 Å². The van der Waals surface area contributed by atoms with E-state index in [1.165, 1.54) is 19.3 Å². The van der Waals surface area contributed by atoms with Crippen LogP contribution >= 0.6 is 0 Å². The molecule has 0 aromatic rings. The summed E-state index contributed by atoms with van der Waals surface area (Å²) in [7, 11) is 0. The number of fused-ring (bicyclic) bond motifs is 4. The standard InChI is InChI=1S/C36H61N3O6/c1-20-15-22(29(37)32(4,5)41)44-28-27(20)33(6)11-12-35-19-34(35)10-9-25(45-26-16-39(13-14-43-26)21-17-42-18-21)31(2,3)23(34)7-8-24(35)36(33,38)30(28)40/h20-30,40-41H,7-19,37-38H2,1-6H3/t20-,22?,23?,24?,25+,26?,27+,28+,29+,30+,33?,34?,35?,36+/m1/s1. The van der Waals surface area contributed by atoms with Crippen LogP contribution in [-0.2, 0) is 18.9 Å². The summed E-state index contributed by atoms with van der Waals surface area (Å²) in [5.74, 6) is 1.37. The minimum absolute atomic E-state index is 0.0425. The molecule has 5 aliphatic carbocycles. The number of rotatable bonds is 5. The fourth-order valence-corrected chi connectivity index (χ4v) is 13.5. The van der Waals surface area contributed by atoms with Crippen LogP contribution in [0.15, 0.2) is 0 Å². The predicted octanol–water partition coefficient (Wildman–Crippen LogP) is 3.03. The molecule has 5 saturated carbocycles. The number of ether oxygens (including phenoxy) is 4. The fourth-order valence-electron chi connectivity index (χ4n) is 13.5. The number of hydrogen-bond donors (Lipinski definition) is 4. The van der Waals surface area contributed by atoms with Gasteiger partial charge in [0.1, 0.15) is 0 Å². The molecule has 6 N–H and O–H groups in total. The van der Waals surface area contributed by atoms with E-state index in [4.69, 9.17) is 30.4 Å². The van der Waals surface area contributed by atoms with Gasteiger partial charge in [0, 0.05) is 6.54 Å². The maximum atomic E-state index is 12.3. The van der Waals surface area contributed by atoms with Gasteiger partial charge in [-0.1, -0.05) is 27.7 Å². The van der Waals surface area contributed by atoms with E-state index in [1.807, 2.05) is 0 Å². The van der Waals surface area contributed by atoms with E-state index < -0.39 is 23.3 Å². The summed E-state index contributed by atoms with van der Waals surface area (Å²) in [6.45, 7) is 17.3. The Bertz CT molecular complexity index is 1180. The summed E-state index contributed by atoms with van der Waals surface area (Å²) in [5, 5.41) is 23.1. The lowest BCUT2D eigenvalue weighted by Gasteiger charge is -2.63. The molecule has 256 valence electrons. The summed E-state index contributed by atoms with van der Waals surface area (Å²) in [4.78, 5) is 2.49. The van der Waals surface area contributed by atoms with Crippen LogP contribution in [0.2, 0.25) is 0 Å². The molecule has 9 nitrogen and oxygen atoms in total. The Labute approximate surface area is 270 Å². The molecule has 9 heteroatoms. The van der Waals surface area contributed by atoms with E-state index in [2.05, 4.69) is 32.6 Å². The first-order valence-corrected chi connectivity index (χ1v) is 18.3. The average Bonchev–Trinajstić information content (AvgIpc) is 3.57. The molecule has 0 aromatic carbocycles. The van der Waals surface area contributed by atoms with Crippen LogP contribution in [0.5, 0.6) is 0 Å². The van der Waals surface area contributed by atoms with E-state index >= 15 is 0 Å². The van der Waals surface area contributed by atoms with Gasteiger partial charge >= 0.3 is 0 Å². The molecule has 0 radical (unpaired) electrons. The fraction of sp³-hybridized carbons (Fsp3) is 1.00. The molecule has 3 saturated heterocycles. The molecule has 0 aromatic heterocycles. The van der Waals surface area contributed by atoms with E-state index in [9.17, 15) is 10.2 Å². The molecule has 14 atom stereocenters. The third-order valence-corrected chi connectivity index (χ3v) is 16.0. The van der Waals surface area contributed by atoms with Gasteiger partial charge in [-0.05, 0) is 111 Å². The van der Waals surface area contributed by atoms with Crippen molar-refractivity contribution in [3.05, 3.63) is 0 Å². The topological polar surface area (TPSA) is 133 Å². The smallest absolute Gasteiger partial charge is 0.170 e. The second-order valence-corrected chi connectivity index (χ2v) is 18.5. The number of aliphatic hydroxyl groups is 2. The van der Waals surface area contributed by atoms with Crippen molar-refractivity contribution < 1.29 is 29.2 Å². The van der Waals surface area contributed by atoms with Gasteiger partial charge in [-0.2, -0.15) is 0 Å². The minimum Gasteiger partial charge on any atom is -0.389 e. The number of nitrogens with two attached hydrogens (primary N) is 2. The van der Waals surface area contributed by atoms with E-state index in [0.29, 0.717) is 17.9 Å². The van der Waals surface area contributed by atoms with Crippen LogP contribution in [0.1, 0.15) is 92.9 Å². The zero-order valence-electron chi connectivity index (χ0n) is 28.7. The summed E-state index contributed by atoms with van der Waals surface area (Å²) in [5.41, 5.74) is 12.9. The highest BCUT2D eigenvalue weighted by Crippen LogP contribution is 2.87. The first-order valence-electron chi connectivity index (χ1n) is 18.3. The van der Waals surface area contributed by atoms with Gasteiger partial charge in [0.15, 0.2) is 6.29 Å². The molecule has 0 bridgehead atoms. The molecular formula is C36H61N3O6. The highest BCUT2D eigenvalue weighted by Gasteiger charge is 2.85. The van der Waals surface area contributed by atoms with Gasteiger partial charge in [0.2, 0.25) is 0 Å². The van der Waals surface area contributed by atoms with Gasteiger partial charge in [-0.25, -0.2) is 0 Å². The maximum Gasteiger partial charge on any atom is 0.170 e. The van der Waals surface area contributed by atoms with E-state index in [0.717, 1.165) is 65.0 Å². The molecule has 7 unspecified atom stereocenters. The largest absolute Gasteiger partial charge is 0.389 e. The number of morpholine rings is 1. The Hall–Kier alpha value is -0.360. The third-order valence-electron chi connectivity index (χ3n) is 16.0. The third kappa shape index (κ3) is 4.11. The monoisotopic (exact) mass is 631 g/mol. The lowest BCUT2D eigenvalue weighted by Crippen LogP contribution is -2.70. The van der Waals surface area contributed by atoms with Crippen LogP contribution in [-0.4, -0.2) is 102 Å². The molecule has 3 aliphatic heterocycles. The molecule has 8 fully saturated rings. The summed E-state index contributed by atoms with van der Waals surface area (Å²) in [6, 6.07) is -0.00297. The summed E-state index contributed by atoms with van der Waals surface area (Å²) < 4.78 is 25.2. The van der Waals surface area contributed by atoms with Crippen LogP contribution in [0.3, 0.4) is 0 Å². The highest BCUT2D eigenvalue weighted by atomic mass is 16.7. The number of aliphatic hydroxyl groups excluding tert-OH is 1. The zero-order valence-corrected chi connectivity index (χ0v) is 28.7. The van der Waals surface area contributed by atoms with Gasteiger partial charge in [-0.3, -0.25) is 4.90 Å². The summed E-state index contributed by atoms with van der Waals surface area (Å²) in [6.07, 6.45) is 7.34. The van der Waals surface area contributed by atoms with Crippen molar-refractivity contribution >= 4 is 0 Å². The first kappa shape index (κ1) is 31.9. The second kappa shape index (κ2) is 10.1. The Morgan fingerprint density at radius 1 is 1.02 bits per heavy atom. The van der Waals surface area contributed by atoms with Crippen molar-refractivity contribution in [3.63, 3.8) is 0 Å². The van der Waals surface area contributed by atoms with Gasteiger partial charge < -0.3 is 40.6 Å². The van der Waals surface area contributed by atoms with Crippen LogP contribution < -0.4 is 11.5 Å². The Morgan fingerprint density at radius 2 is 1.73 bits per heavy atom. The normalized spacial score (nSPS) is 54.9. The lowest BCUT2D eigenvalue weighted by atomic mass is 9.43. The Morgan fingerprint density at radius 3 is 2.42 bits per heavy atom. The molecule has 8 rings (SSSR count). The molecule has 2 spiro atoms. The first-order chi connectivity index (χ1) is 21.1. The van der Waals surface area contributed by atoms with Crippen molar-refractivity contribution in [2.75, 3.05) is 32.9 Å². The average molecular weight is 632 g/mol. The number of hydrogen-bond acceptors (Lipinski definition) is 9. The van der Waals surface area contributed by atoms with Gasteiger partial charge in [-0.15, -0.1) is 0 Å². The van der Waals surface area contributed by atoms with E-state index in [1.54, 1.807) is 13.8 Å². The lowest BCUT2D eigenvalue weighted by molar-refractivity contribution is -0.254. The van der Waals surface area contributed by atoms with Crippen molar-refractivity contribution in [1.82, 2.24) is 4.90 Å². The van der Waals surface area contributed by atoms with Gasteiger partial charge in [0.05, 0.1) is 74.0 Å². The SMILES string of the molecule is C[C@@H]1CC([C@H](N)C(C)(C)O)O[C@H]2[C@H]1C1(C)CCC34CC35CC[C@H](OC3CN(C6COC6)CCO3)C(C)(C)C5CCC4[C@]1(N)[C@H]2O. The van der Waals surface area contributed by atoms with Crippen LogP contribution in [0.25, 0.3) is 0 Å². The second-order valence-electron chi connectivity index (χ2n) is 18.5. The van der Waals surface area contributed by atoms with E-state index in [-0.39, 0.29) is 58.1 Å². The molecular weight excluding hydrogens is 570 g/mol. The molecule has 3 heterocycles. The molecule has 45 heavy (non-hydrogen) atoms.